The monoisotopic (exact) mass is 882 g/mol. The summed E-state index contributed by atoms with van der Waals surface area (Å²) in [5.74, 6) is -1.48. The minimum Gasteiger partial charge on any atom is -0.501 e. The highest BCUT2D eigenvalue weighted by Gasteiger charge is 2.38. The predicted molar refractivity (Wildman–Crippen MR) is 245 cm³/mol. The van der Waals surface area contributed by atoms with Gasteiger partial charge in [0.25, 0.3) is 0 Å². The van der Waals surface area contributed by atoms with E-state index in [4.69, 9.17) is 19.1 Å². The van der Waals surface area contributed by atoms with Crippen LogP contribution in [0.5, 0.6) is 23.5 Å². The maximum atomic E-state index is 13.0. The lowest BCUT2D eigenvalue weighted by Gasteiger charge is -2.43. The molecule has 0 radical (unpaired) electrons. The average molecular weight is 883 g/mol. The minimum atomic E-state index is -0.744. The number of hydrogen-bond acceptors (Lipinski definition) is 12. The van der Waals surface area contributed by atoms with Crippen molar-refractivity contribution < 1.29 is 49.2 Å². The molecule has 0 spiro atoms. The number of allylic oxidation sites excluding steroid dienone is 10. The van der Waals surface area contributed by atoms with Crippen LogP contribution < -0.4 is 19.5 Å². The van der Waals surface area contributed by atoms with Crippen molar-refractivity contribution in [2.24, 2.45) is 0 Å². The highest BCUT2D eigenvalue weighted by Crippen LogP contribution is 2.55. The molecule has 14 nitrogen and oxygen atoms in total. The number of carbonyl (C=O) groups excluding carboxylic acids is 2. The third-order valence-corrected chi connectivity index (χ3v) is 12.1. The van der Waals surface area contributed by atoms with Crippen LogP contribution in [0.1, 0.15) is 55.8 Å². The highest BCUT2D eigenvalue weighted by molar-refractivity contribution is 6.16. The number of nitrogens with zero attached hydrogens (tertiary/aromatic N) is 4. The standard InChI is InChI=1S/C52H42N4O10/c1-63-35-19-21-43-39(27-35)49(37-7-3-5-9-41(37)53(43)29-31-11-15-33(16-12-31)51(61)65-55-45(57)23-24-46(55)58)50-38-8-4-6-10-42(38)54(44-22-20-36(64-2)28-40(44)50)30-32-13-17-34(18-14-32)52(62)66-56-47(59)25-26-48(56)60/h3-26,57-60H,27-30H2,1-2H3. The summed E-state index contributed by atoms with van der Waals surface area (Å²) in [5.41, 5.74) is 12.7. The van der Waals surface area contributed by atoms with E-state index in [2.05, 4.69) is 58.4 Å². The highest BCUT2D eigenvalue weighted by atomic mass is 16.7. The second kappa shape index (κ2) is 16.7. The van der Waals surface area contributed by atoms with Gasteiger partial charge in [0.2, 0.25) is 23.5 Å². The van der Waals surface area contributed by atoms with E-state index in [-0.39, 0.29) is 11.1 Å². The van der Waals surface area contributed by atoms with E-state index in [0.717, 1.165) is 78.8 Å². The predicted octanol–water partition coefficient (Wildman–Crippen LogP) is 8.53. The van der Waals surface area contributed by atoms with Gasteiger partial charge in [-0.25, -0.2) is 9.59 Å². The van der Waals surface area contributed by atoms with Crippen LogP contribution in [-0.4, -0.2) is 56.0 Å². The van der Waals surface area contributed by atoms with E-state index in [1.165, 1.54) is 24.3 Å². The Morgan fingerprint density at radius 1 is 0.485 bits per heavy atom. The molecule has 0 saturated heterocycles. The van der Waals surface area contributed by atoms with Crippen LogP contribution in [0.3, 0.4) is 0 Å². The molecule has 4 aromatic carbocycles. The molecular weight excluding hydrogens is 841 g/mol. The van der Waals surface area contributed by atoms with Gasteiger partial charge in [-0.05, 0) is 94.1 Å². The molecule has 2 aliphatic carbocycles. The molecule has 0 amide bonds. The molecule has 0 saturated carbocycles. The Balaban J connectivity index is 1.02. The summed E-state index contributed by atoms with van der Waals surface area (Å²) in [6.45, 7) is 0.937. The van der Waals surface area contributed by atoms with Crippen molar-refractivity contribution in [3.63, 3.8) is 0 Å². The quantitative estimate of drug-likeness (QED) is 0.0981. The zero-order valence-electron chi connectivity index (χ0n) is 35.7. The fraction of sp³-hybridized carbons (Fsp3) is 0.115. The molecule has 2 aliphatic heterocycles. The van der Waals surface area contributed by atoms with Crippen LogP contribution in [0.2, 0.25) is 0 Å². The van der Waals surface area contributed by atoms with Crippen molar-refractivity contribution in [2.45, 2.75) is 25.9 Å². The maximum Gasteiger partial charge on any atom is 0.363 e. The normalized spacial score (nSPS) is 15.1. The lowest BCUT2D eigenvalue weighted by atomic mass is 9.75. The molecule has 0 atom stereocenters. The van der Waals surface area contributed by atoms with Crippen LogP contribution in [-0.2, 0) is 22.6 Å². The van der Waals surface area contributed by atoms with E-state index in [1.807, 2.05) is 48.6 Å². The van der Waals surface area contributed by atoms with E-state index < -0.39 is 35.5 Å². The van der Waals surface area contributed by atoms with E-state index in [1.54, 1.807) is 38.5 Å². The van der Waals surface area contributed by atoms with Gasteiger partial charge in [-0.3, -0.25) is 0 Å². The molecule has 4 aliphatic rings. The van der Waals surface area contributed by atoms with Crippen molar-refractivity contribution in [1.82, 2.24) is 9.46 Å². The largest absolute Gasteiger partial charge is 0.501 e. The van der Waals surface area contributed by atoms with Crippen LogP contribution in [0, 0.1) is 0 Å². The molecule has 4 heterocycles. The first-order chi connectivity index (χ1) is 32.1. The molecule has 14 heteroatoms. The third kappa shape index (κ3) is 7.29. The molecule has 0 unspecified atom stereocenters. The SMILES string of the molecule is COC1=CC=C2C(=C(C3=C4CC(OC)=CC=C4N(Cc4ccc(C(=O)On5c(O)ccc5O)cc4)c4ccccc43)c3ccccc3N2Cc2ccc(C(=O)On3c(O)ccc3O)cc2)C1. The number of aromatic hydroxyl groups is 4. The number of fused-ring (bicyclic) bond motifs is 4. The van der Waals surface area contributed by atoms with Crippen molar-refractivity contribution in [3.8, 4) is 23.5 Å². The van der Waals surface area contributed by atoms with Gasteiger partial charge in [-0.2, -0.15) is 0 Å². The van der Waals surface area contributed by atoms with E-state index in [0.29, 0.717) is 35.4 Å². The van der Waals surface area contributed by atoms with Gasteiger partial charge in [0, 0.05) is 84.1 Å². The average Bonchev–Trinajstić information content (AvgIpc) is 3.84. The summed E-state index contributed by atoms with van der Waals surface area (Å²) in [7, 11) is 3.37. The van der Waals surface area contributed by atoms with Gasteiger partial charge in [-0.15, -0.1) is 9.46 Å². The van der Waals surface area contributed by atoms with Gasteiger partial charge >= 0.3 is 11.9 Å². The first kappa shape index (κ1) is 41.2. The first-order valence-electron chi connectivity index (χ1n) is 21.0. The van der Waals surface area contributed by atoms with E-state index in [9.17, 15) is 30.0 Å². The summed E-state index contributed by atoms with van der Waals surface area (Å²) in [6, 6.07) is 35.7. The van der Waals surface area contributed by atoms with Crippen molar-refractivity contribution in [3.05, 3.63) is 213 Å². The second-order valence-electron chi connectivity index (χ2n) is 15.9. The second-order valence-corrected chi connectivity index (χ2v) is 15.9. The molecule has 0 bridgehead atoms. The summed E-state index contributed by atoms with van der Waals surface area (Å²) in [6.07, 6.45) is 9.27. The number of rotatable bonds is 11. The zero-order valence-corrected chi connectivity index (χ0v) is 35.7. The molecule has 6 aromatic rings. The minimum absolute atomic E-state index is 0.242. The Bertz CT molecular complexity index is 2900. The van der Waals surface area contributed by atoms with Gasteiger partial charge in [0.05, 0.1) is 25.3 Å². The number of hydrogen-bond donors (Lipinski definition) is 4. The Kier molecular flexibility index (Phi) is 10.5. The zero-order chi connectivity index (χ0) is 45.6. The summed E-state index contributed by atoms with van der Waals surface area (Å²) in [4.78, 5) is 41.0. The number of carbonyl (C=O) groups is 2. The Labute approximate surface area is 378 Å². The number of para-hydroxylation sites is 2. The number of ether oxygens (including phenoxy) is 2. The number of anilines is 2. The van der Waals surface area contributed by atoms with E-state index >= 15 is 0 Å². The van der Waals surface area contributed by atoms with Crippen LogP contribution >= 0.6 is 0 Å². The van der Waals surface area contributed by atoms with Gasteiger partial charge in [0.1, 0.15) is 11.5 Å². The molecule has 66 heavy (non-hydrogen) atoms. The van der Waals surface area contributed by atoms with Gasteiger partial charge in [-0.1, -0.05) is 60.7 Å². The topological polar surface area (TPSA) is 168 Å². The smallest absolute Gasteiger partial charge is 0.363 e. The molecule has 2 aromatic heterocycles. The van der Waals surface area contributed by atoms with Crippen LogP contribution in [0.15, 0.2) is 180 Å². The van der Waals surface area contributed by atoms with Crippen molar-refractivity contribution in [2.75, 3.05) is 24.0 Å². The maximum absolute atomic E-state index is 13.0. The Morgan fingerprint density at radius 2 is 0.848 bits per heavy atom. The van der Waals surface area contributed by atoms with Crippen molar-refractivity contribution >= 4 is 34.5 Å². The lowest BCUT2D eigenvalue weighted by Crippen LogP contribution is -2.32. The number of methoxy groups -OCH3 is 2. The first-order valence-corrected chi connectivity index (χ1v) is 21.0. The van der Waals surface area contributed by atoms with Gasteiger partial charge < -0.3 is 49.4 Å². The van der Waals surface area contributed by atoms with Gasteiger partial charge in [0.15, 0.2) is 0 Å². The number of benzene rings is 4. The molecular formula is C52H42N4O10. The fourth-order valence-electron chi connectivity index (χ4n) is 8.87. The molecule has 330 valence electrons. The molecule has 4 N–H and O–H groups in total. The summed E-state index contributed by atoms with van der Waals surface area (Å²) < 4.78 is 13.2. The number of aromatic nitrogens is 2. The Hall–Kier alpha value is -8.78. The summed E-state index contributed by atoms with van der Waals surface area (Å²) >= 11 is 0. The third-order valence-electron chi connectivity index (χ3n) is 12.1. The Morgan fingerprint density at radius 3 is 1.21 bits per heavy atom. The molecule has 0 fully saturated rings. The van der Waals surface area contributed by atoms with Crippen LogP contribution in [0.25, 0.3) is 11.1 Å². The molecule has 10 rings (SSSR count). The van der Waals surface area contributed by atoms with Crippen LogP contribution in [0.4, 0.5) is 11.4 Å². The van der Waals surface area contributed by atoms with Crippen molar-refractivity contribution in [1.29, 1.82) is 0 Å². The fourth-order valence-corrected chi connectivity index (χ4v) is 8.87. The summed E-state index contributed by atoms with van der Waals surface area (Å²) in [5, 5.41) is 39.9. The lowest BCUT2D eigenvalue weighted by molar-refractivity contribution is 0.0376.